The summed E-state index contributed by atoms with van der Waals surface area (Å²) in [6.07, 6.45) is 0.826. The first-order valence-electron chi connectivity index (χ1n) is 7.81. The van der Waals surface area contributed by atoms with Gasteiger partial charge in [-0.25, -0.2) is 10.4 Å². The van der Waals surface area contributed by atoms with Crippen LogP contribution in [0.15, 0.2) is 0 Å². The van der Waals surface area contributed by atoms with Crippen molar-refractivity contribution in [1.29, 1.82) is 0 Å². The Kier molecular flexibility index (Phi) is 6.43. The van der Waals surface area contributed by atoms with Crippen molar-refractivity contribution in [3.8, 4) is 0 Å². The molecule has 0 aromatic carbocycles. The number of nitrogens with zero attached hydrogens (tertiary/aromatic N) is 1. The van der Waals surface area contributed by atoms with Crippen molar-refractivity contribution in [2.24, 2.45) is 35.3 Å². The summed E-state index contributed by atoms with van der Waals surface area (Å²) in [5.74, 6) is 2.36. The van der Waals surface area contributed by atoms with Gasteiger partial charge in [-0.15, -0.1) is 0 Å². The molecule has 118 valence electrons. The Bertz CT molecular complexity index is 309. The van der Waals surface area contributed by atoms with Crippen molar-refractivity contribution in [3.05, 3.63) is 0 Å². The highest BCUT2D eigenvalue weighted by Crippen LogP contribution is 2.45. The Hall–Kier alpha value is -0.650. The van der Waals surface area contributed by atoms with Crippen molar-refractivity contribution < 1.29 is 4.79 Å². The number of amides is 1. The zero-order valence-electron chi connectivity index (χ0n) is 13.8. The lowest BCUT2D eigenvalue weighted by Crippen LogP contribution is -2.54. The summed E-state index contributed by atoms with van der Waals surface area (Å²) in [6.45, 7) is 11.4. The van der Waals surface area contributed by atoms with Gasteiger partial charge < -0.3 is 11.1 Å². The van der Waals surface area contributed by atoms with E-state index in [1.165, 1.54) is 0 Å². The van der Waals surface area contributed by atoms with E-state index in [9.17, 15) is 4.79 Å². The Morgan fingerprint density at radius 3 is 2.05 bits per heavy atom. The van der Waals surface area contributed by atoms with E-state index >= 15 is 0 Å². The van der Waals surface area contributed by atoms with Gasteiger partial charge in [-0.05, 0) is 30.1 Å². The number of rotatable bonds is 6. The molecule has 0 aromatic heterocycles. The number of nitrogens with one attached hydrogen (secondary N) is 2. The maximum atomic E-state index is 12.6. The van der Waals surface area contributed by atoms with Gasteiger partial charge in [0.05, 0.1) is 12.8 Å². The SMILES string of the molecule is CCC(NC(=O)C1C(C)C(C)C(C)C1C)N(C)NCN. The molecule has 5 unspecified atom stereocenters. The second-order valence-corrected chi connectivity index (χ2v) is 6.37. The third kappa shape index (κ3) is 3.51. The smallest absolute Gasteiger partial charge is 0.224 e. The summed E-state index contributed by atoms with van der Waals surface area (Å²) in [5.41, 5.74) is 8.52. The van der Waals surface area contributed by atoms with Crippen LogP contribution in [-0.4, -0.2) is 30.8 Å². The Balaban J connectivity index is 2.70. The summed E-state index contributed by atoms with van der Waals surface area (Å²) in [7, 11) is 1.91. The molecule has 0 bridgehead atoms. The van der Waals surface area contributed by atoms with Crippen LogP contribution in [0.1, 0.15) is 41.0 Å². The highest BCUT2D eigenvalue weighted by Gasteiger charge is 2.45. The molecule has 1 amide bonds. The van der Waals surface area contributed by atoms with E-state index in [4.69, 9.17) is 5.73 Å². The highest BCUT2D eigenvalue weighted by atomic mass is 16.2. The molecule has 5 nitrogen and oxygen atoms in total. The van der Waals surface area contributed by atoms with Gasteiger partial charge in [0.1, 0.15) is 0 Å². The third-order valence-corrected chi connectivity index (χ3v) is 5.43. The molecule has 5 atom stereocenters. The summed E-state index contributed by atoms with van der Waals surface area (Å²) in [6, 6.07) is 0. The van der Waals surface area contributed by atoms with Crippen molar-refractivity contribution in [1.82, 2.24) is 15.8 Å². The number of carbonyl (C=O) groups is 1. The summed E-state index contributed by atoms with van der Waals surface area (Å²) in [5, 5.41) is 5.05. The number of hydrazine groups is 1. The average molecular weight is 284 g/mol. The van der Waals surface area contributed by atoms with Crippen molar-refractivity contribution in [2.45, 2.75) is 47.2 Å². The van der Waals surface area contributed by atoms with Gasteiger partial charge in [0.2, 0.25) is 5.91 Å². The minimum atomic E-state index is -0.0170. The second kappa shape index (κ2) is 7.38. The average Bonchev–Trinajstić information content (AvgIpc) is 2.60. The summed E-state index contributed by atoms with van der Waals surface area (Å²) < 4.78 is 0. The normalized spacial score (nSPS) is 35.3. The van der Waals surface area contributed by atoms with Crippen LogP contribution >= 0.6 is 0 Å². The number of hydrogen-bond acceptors (Lipinski definition) is 4. The molecule has 1 fully saturated rings. The standard InChI is InChI=1S/C15H32N4O/c1-7-13(19(6)17-8-16)18-15(20)14-11(4)9(2)10(3)12(14)5/h9-14,17H,7-8,16H2,1-6H3,(H,18,20). The molecule has 4 N–H and O–H groups in total. The maximum Gasteiger partial charge on any atom is 0.224 e. The third-order valence-electron chi connectivity index (χ3n) is 5.43. The molecule has 1 aliphatic carbocycles. The van der Waals surface area contributed by atoms with E-state index in [1.54, 1.807) is 0 Å². The fourth-order valence-corrected chi connectivity index (χ4v) is 3.56. The van der Waals surface area contributed by atoms with Crippen molar-refractivity contribution in [3.63, 3.8) is 0 Å². The largest absolute Gasteiger partial charge is 0.339 e. The predicted molar refractivity (Wildman–Crippen MR) is 82.3 cm³/mol. The van der Waals surface area contributed by atoms with Gasteiger partial charge in [-0.1, -0.05) is 34.6 Å². The lowest BCUT2D eigenvalue weighted by molar-refractivity contribution is -0.129. The topological polar surface area (TPSA) is 70.4 Å². The summed E-state index contributed by atoms with van der Waals surface area (Å²) in [4.78, 5) is 12.6. The minimum absolute atomic E-state index is 0.0170. The highest BCUT2D eigenvalue weighted by molar-refractivity contribution is 5.80. The fourth-order valence-electron chi connectivity index (χ4n) is 3.56. The van der Waals surface area contributed by atoms with Crippen LogP contribution in [0.2, 0.25) is 0 Å². The predicted octanol–water partition coefficient (Wildman–Crippen LogP) is 1.37. The zero-order chi connectivity index (χ0) is 15.4. The van der Waals surface area contributed by atoms with Gasteiger partial charge in [0.15, 0.2) is 0 Å². The first-order valence-corrected chi connectivity index (χ1v) is 7.81. The second-order valence-electron chi connectivity index (χ2n) is 6.37. The molecule has 1 aliphatic rings. The molecule has 5 heteroatoms. The maximum absolute atomic E-state index is 12.6. The van der Waals surface area contributed by atoms with E-state index in [0.717, 1.165) is 6.42 Å². The van der Waals surface area contributed by atoms with Gasteiger partial charge in [-0.3, -0.25) is 4.79 Å². The fraction of sp³-hybridized carbons (Fsp3) is 0.933. The van der Waals surface area contributed by atoms with Gasteiger partial charge in [0.25, 0.3) is 0 Å². The van der Waals surface area contributed by atoms with Crippen molar-refractivity contribution >= 4 is 5.91 Å². The molecule has 0 aromatic rings. The molecule has 1 saturated carbocycles. The molecular weight excluding hydrogens is 252 g/mol. The Morgan fingerprint density at radius 1 is 1.15 bits per heavy atom. The Morgan fingerprint density at radius 2 is 1.65 bits per heavy atom. The molecular formula is C15H32N4O. The minimum Gasteiger partial charge on any atom is -0.339 e. The van der Waals surface area contributed by atoms with Crippen LogP contribution in [0.25, 0.3) is 0 Å². The number of nitrogens with two attached hydrogens (primary N) is 1. The molecule has 20 heavy (non-hydrogen) atoms. The van der Waals surface area contributed by atoms with Crippen LogP contribution in [-0.2, 0) is 4.79 Å². The monoisotopic (exact) mass is 284 g/mol. The number of hydrogen-bond donors (Lipinski definition) is 3. The molecule has 0 aliphatic heterocycles. The molecule has 0 saturated heterocycles. The van der Waals surface area contributed by atoms with E-state index < -0.39 is 0 Å². The number of carbonyl (C=O) groups excluding carboxylic acids is 1. The van der Waals surface area contributed by atoms with Crippen LogP contribution in [0.4, 0.5) is 0 Å². The van der Waals surface area contributed by atoms with Crippen molar-refractivity contribution in [2.75, 3.05) is 13.7 Å². The van der Waals surface area contributed by atoms with E-state index in [1.807, 2.05) is 12.1 Å². The first-order chi connectivity index (χ1) is 9.34. The van der Waals surface area contributed by atoms with Gasteiger partial charge >= 0.3 is 0 Å². The van der Waals surface area contributed by atoms with Gasteiger partial charge in [-0.2, -0.15) is 0 Å². The molecule has 1 rings (SSSR count). The van der Waals surface area contributed by atoms with Crippen LogP contribution in [0, 0.1) is 29.6 Å². The summed E-state index contributed by atoms with van der Waals surface area (Å²) >= 11 is 0. The van der Waals surface area contributed by atoms with E-state index in [-0.39, 0.29) is 18.0 Å². The first kappa shape index (κ1) is 17.4. The van der Waals surface area contributed by atoms with Gasteiger partial charge in [0, 0.05) is 13.0 Å². The van der Waals surface area contributed by atoms with Crippen LogP contribution in [0.5, 0.6) is 0 Å². The van der Waals surface area contributed by atoms with Crippen LogP contribution < -0.4 is 16.5 Å². The molecule has 0 radical (unpaired) electrons. The Labute approximate surface area is 123 Å². The quantitative estimate of drug-likeness (QED) is 0.509. The lowest BCUT2D eigenvalue weighted by atomic mass is 9.88. The molecule has 0 heterocycles. The molecule has 0 spiro atoms. The zero-order valence-corrected chi connectivity index (χ0v) is 13.8. The van der Waals surface area contributed by atoms with Crippen LogP contribution in [0.3, 0.4) is 0 Å². The van der Waals surface area contributed by atoms with E-state index in [2.05, 4.69) is 45.4 Å². The van der Waals surface area contributed by atoms with E-state index in [0.29, 0.717) is 30.3 Å². The lowest BCUT2D eigenvalue weighted by Gasteiger charge is -2.30.